The number of hydrogen-bond acceptors (Lipinski definition) is 2. The van der Waals surface area contributed by atoms with Crippen LogP contribution in [0.5, 0.6) is 0 Å². The minimum atomic E-state index is -2.52. The van der Waals surface area contributed by atoms with Crippen molar-refractivity contribution in [2.75, 3.05) is 20.3 Å². The lowest BCUT2D eigenvalue weighted by molar-refractivity contribution is 0.0144. The quantitative estimate of drug-likeness (QED) is 0.604. The normalized spacial score (nSPS) is 13.0. The maximum Gasteiger partial charge on any atom is 0.261 e. The van der Waals surface area contributed by atoms with Gasteiger partial charge >= 0.3 is 0 Å². The molecule has 0 radical (unpaired) electrons. The standard InChI is InChI=1S/C12H15F4NO/c1-17-10(5-6-18-7-11(14)15)8-3-2-4-9(13)12(8)16/h2-4,10-11,17H,5-7H2,1H3. The van der Waals surface area contributed by atoms with Gasteiger partial charge in [-0.3, -0.25) is 0 Å². The maximum absolute atomic E-state index is 13.5. The van der Waals surface area contributed by atoms with Crippen LogP contribution in [0.3, 0.4) is 0 Å². The summed E-state index contributed by atoms with van der Waals surface area (Å²) < 4.78 is 54.9. The third kappa shape index (κ3) is 4.27. The summed E-state index contributed by atoms with van der Waals surface area (Å²) in [5.74, 6) is -1.85. The lowest BCUT2D eigenvalue weighted by Crippen LogP contribution is -2.20. The molecule has 0 aliphatic carbocycles. The number of ether oxygens (including phenoxy) is 1. The Bertz CT molecular complexity index is 373. The maximum atomic E-state index is 13.5. The summed E-state index contributed by atoms with van der Waals surface area (Å²) in [6, 6.07) is 3.40. The molecular formula is C12H15F4NO. The number of rotatable bonds is 7. The predicted molar refractivity (Wildman–Crippen MR) is 59.6 cm³/mol. The van der Waals surface area contributed by atoms with Gasteiger partial charge in [-0.1, -0.05) is 12.1 Å². The van der Waals surface area contributed by atoms with Crippen LogP contribution in [0, 0.1) is 11.6 Å². The minimum Gasteiger partial charge on any atom is -0.375 e. The second kappa shape index (κ2) is 7.33. The fourth-order valence-electron chi connectivity index (χ4n) is 1.62. The molecule has 0 heterocycles. The van der Waals surface area contributed by atoms with E-state index in [2.05, 4.69) is 5.32 Å². The Morgan fingerprint density at radius 1 is 1.28 bits per heavy atom. The van der Waals surface area contributed by atoms with Crippen molar-refractivity contribution < 1.29 is 22.3 Å². The van der Waals surface area contributed by atoms with Crippen LogP contribution < -0.4 is 5.32 Å². The molecule has 1 unspecified atom stereocenters. The van der Waals surface area contributed by atoms with Crippen molar-refractivity contribution in [3.8, 4) is 0 Å². The lowest BCUT2D eigenvalue weighted by Gasteiger charge is -2.17. The molecule has 1 N–H and O–H groups in total. The highest BCUT2D eigenvalue weighted by Gasteiger charge is 2.16. The highest BCUT2D eigenvalue weighted by Crippen LogP contribution is 2.21. The average Bonchev–Trinajstić information content (AvgIpc) is 2.33. The van der Waals surface area contributed by atoms with E-state index in [1.165, 1.54) is 12.1 Å². The highest BCUT2D eigenvalue weighted by atomic mass is 19.3. The van der Waals surface area contributed by atoms with Crippen molar-refractivity contribution in [2.24, 2.45) is 0 Å². The molecular weight excluding hydrogens is 250 g/mol. The van der Waals surface area contributed by atoms with E-state index in [1.807, 2.05) is 0 Å². The molecule has 1 rings (SSSR count). The molecule has 0 aromatic heterocycles. The average molecular weight is 265 g/mol. The van der Waals surface area contributed by atoms with Gasteiger partial charge in [-0.25, -0.2) is 17.6 Å². The molecule has 102 valence electrons. The summed E-state index contributed by atoms with van der Waals surface area (Å²) in [6.07, 6.45) is -2.24. The molecule has 18 heavy (non-hydrogen) atoms. The van der Waals surface area contributed by atoms with E-state index >= 15 is 0 Å². The zero-order valence-electron chi connectivity index (χ0n) is 9.93. The van der Waals surface area contributed by atoms with Gasteiger partial charge in [0.2, 0.25) is 0 Å². The van der Waals surface area contributed by atoms with Crippen molar-refractivity contribution >= 4 is 0 Å². The third-order valence-electron chi connectivity index (χ3n) is 2.50. The van der Waals surface area contributed by atoms with Crippen LogP contribution >= 0.6 is 0 Å². The molecule has 0 saturated carbocycles. The van der Waals surface area contributed by atoms with Crippen LogP contribution in [0.25, 0.3) is 0 Å². The number of halogens is 4. The van der Waals surface area contributed by atoms with Crippen LogP contribution in [0.4, 0.5) is 17.6 Å². The topological polar surface area (TPSA) is 21.3 Å². The summed E-state index contributed by atoms with van der Waals surface area (Å²) in [5, 5.41) is 2.80. The predicted octanol–water partition coefficient (Wildman–Crippen LogP) is 2.90. The van der Waals surface area contributed by atoms with Crippen LogP contribution in [0.2, 0.25) is 0 Å². The minimum absolute atomic E-state index is 0.0474. The Morgan fingerprint density at radius 2 is 2.00 bits per heavy atom. The van der Waals surface area contributed by atoms with E-state index in [-0.39, 0.29) is 18.6 Å². The van der Waals surface area contributed by atoms with Gasteiger partial charge in [0, 0.05) is 18.2 Å². The Kier molecular flexibility index (Phi) is 6.07. The van der Waals surface area contributed by atoms with Gasteiger partial charge < -0.3 is 10.1 Å². The number of benzene rings is 1. The smallest absolute Gasteiger partial charge is 0.261 e. The number of nitrogens with one attached hydrogen (secondary N) is 1. The van der Waals surface area contributed by atoms with Crippen LogP contribution in [0.1, 0.15) is 18.0 Å². The molecule has 1 aromatic carbocycles. The van der Waals surface area contributed by atoms with Crippen molar-refractivity contribution in [3.05, 3.63) is 35.4 Å². The molecule has 0 bridgehead atoms. The largest absolute Gasteiger partial charge is 0.375 e. The van der Waals surface area contributed by atoms with Gasteiger partial charge in [0.15, 0.2) is 11.6 Å². The Hall–Kier alpha value is -1.14. The fourth-order valence-corrected chi connectivity index (χ4v) is 1.62. The molecule has 1 aromatic rings. The van der Waals surface area contributed by atoms with Gasteiger partial charge in [0.05, 0.1) is 0 Å². The van der Waals surface area contributed by atoms with E-state index in [1.54, 1.807) is 7.05 Å². The second-order valence-corrected chi connectivity index (χ2v) is 3.74. The molecule has 0 aliphatic rings. The van der Waals surface area contributed by atoms with Crippen LogP contribution in [-0.4, -0.2) is 26.7 Å². The molecule has 6 heteroatoms. The number of alkyl halides is 2. The Labute approximate surface area is 103 Å². The van der Waals surface area contributed by atoms with E-state index in [4.69, 9.17) is 4.74 Å². The van der Waals surface area contributed by atoms with Gasteiger partial charge in [-0.15, -0.1) is 0 Å². The Balaban J connectivity index is 2.57. The van der Waals surface area contributed by atoms with Crippen molar-refractivity contribution in [1.29, 1.82) is 0 Å². The molecule has 1 atom stereocenters. The SMILES string of the molecule is CNC(CCOCC(F)F)c1cccc(F)c1F. The molecule has 0 saturated heterocycles. The Morgan fingerprint density at radius 3 is 2.61 bits per heavy atom. The van der Waals surface area contributed by atoms with Crippen molar-refractivity contribution in [2.45, 2.75) is 18.9 Å². The lowest BCUT2D eigenvalue weighted by atomic mass is 10.0. The fraction of sp³-hybridized carbons (Fsp3) is 0.500. The van der Waals surface area contributed by atoms with E-state index in [9.17, 15) is 17.6 Å². The first-order valence-electron chi connectivity index (χ1n) is 5.53. The summed E-state index contributed by atoms with van der Waals surface area (Å²) >= 11 is 0. The third-order valence-corrected chi connectivity index (χ3v) is 2.50. The summed E-state index contributed by atoms with van der Waals surface area (Å²) in [4.78, 5) is 0. The molecule has 0 aliphatic heterocycles. The van der Waals surface area contributed by atoms with Crippen molar-refractivity contribution in [3.63, 3.8) is 0 Å². The first-order chi connectivity index (χ1) is 8.56. The van der Waals surface area contributed by atoms with Gasteiger partial charge in [0.25, 0.3) is 6.43 Å². The van der Waals surface area contributed by atoms with Gasteiger partial charge in [-0.2, -0.15) is 0 Å². The van der Waals surface area contributed by atoms with Crippen LogP contribution in [-0.2, 0) is 4.74 Å². The zero-order valence-corrected chi connectivity index (χ0v) is 9.93. The zero-order chi connectivity index (χ0) is 13.5. The van der Waals surface area contributed by atoms with Crippen molar-refractivity contribution in [1.82, 2.24) is 5.32 Å². The van der Waals surface area contributed by atoms with Gasteiger partial charge in [-0.05, 0) is 19.5 Å². The highest BCUT2D eigenvalue weighted by molar-refractivity contribution is 5.22. The monoisotopic (exact) mass is 265 g/mol. The molecule has 2 nitrogen and oxygen atoms in total. The first kappa shape index (κ1) is 14.9. The molecule has 0 spiro atoms. The van der Waals surface area contributed by atoms with E-state index in [0.717, 1.165) is 6.07 Å². The summed E-state index contributed by atoms with van der Waals surface area (Å²) in [6.45, 7) is -0.603. The van der Waals surface area contributed by atoms with E-state index < -0.39 is 30.7 Å². The number of hydrogen-bond donors (Lipinski definition) is 1. The van der Waals surface area contributed by atoms with Gasteiger partial charge in [0.1, 0.15) is 6.61 Å². The van der Waals surface area contributed by atoms with E-state index in [0.29, 0.717) is 0 Å². The molecule has 0 amide bonds. The summed E-state index contributed by atoms with van der Waals surface area (Å²) in [7, 11) is 1.59. The van der Waals surface area contributed by atoms with Crippen LogP contribution in [0.15, 0.2) is 18.2 Å². The second-order valence-electron chi connectivity index (χ2n) is 3.74. The first-order valence-corrected chi connectivity index (χ1v) is 5.53. The molecule has 0 fully saturated rings. The summed E-state index contributed by atoms with van der Waals surface area (Å²) in [5.41, 5.74) is 0.165.